The predicted octanol–water partition coefficient (Wildman–Crippen LogP) is -0.219. The number of carbonyl (C=O) groups excluding carboxylic acids is 1. The molecule has 8 heteroatoms. The van der Waals surface area contributed by atoms with E-state index in [0.717, 1.165) is 0 Å². The topological polar surface area (TPSA) is 113 Å². The Morgan fingerprint density at radius 3 is 2.50 bits per heavy atom. The minimum Gasteiger partial charge on any atom is -0.496 e. The number of carbonyl (C=O) groups is 1. The van der Waals surface area contributed by atoms with Gasteiger partial charge in [0.15, 0.2) is 5.56 Å². The molecule has 0 unspecified atom stereocenters. The minimum atomic E-state index is -1.05. The van der Waals surface area contributed by atoms with E-state index in [2.05, 4.69) is 0 Å². The maximum Gasteiger partial charge on any atom is 0.285 e. The maximum absolute atomic E-state index is 12.4. The number of β-amino-alcohol motifs (C(OH)–C–C–N with tert-alkyl or cyclic N) is 2. The summed E-state index contributed by atoms with van der Waals surface area (Å²) in [6, 6.07) is 4.07. The van der Waals surface area contributed by atoms with Crippen molar-refractivity contribution in [1.82, 2.24) is 4.90 Å². The maximum atomic E-state index is 12.4. The molecule has 1 aliphatic rings. The van der Waals surface area contributed by atoms with Crippen molar-refractivity contribution in [3.8, 4) is 5.75 Å². The van der Waals surface area contributed by atoms with Crippen LogP contribution >= 0.6 is 0 Å². The van der Waals surface area contributed by atoms with Crippen molar-refractivity contribution in [2.75, 3.05) is 20.2 Å². The van der Waals surface area contributed by atoms with Crippen molar-refractivity contribution in [2.24, 2.45) is 0 Å². The summed E-state index contributed by atoms with van der Waals surface area (Å²) < 4.78 is 4.99. The first kappa shape index (κ1) is 14.2. The fourth-order valence-corrected chi connectivity index (χ4v) is 2.15. The van der Waals surface area contributed by atoms with Crippen molar-refractivity contribution in [1.29, 1.82) is 0 Å². The number of nitrogens with zero attached hydrogens (tertiary/aromatic N) is 2. The molecule has 1 saturated heterocycles. The zero-order valence-electron chi connectivity index (χ0n) is 10.7. The van der Waals surface area contributed by atoms with Crippen molar-refractivity contribution in [2.45, 2.75) is 12.2 Å². The van der Waals surface area contributed by atoms with Gasteiger partial charge in [-0.2, -0.15) is 0 Å². The molecule has 1 amide bonds. The molecule has 1 aromatic rings. The molecule has 8 nitrogen and oxygen atoms in total. The van der Waals surface area contributed by atoms with Gasteiger partial charge in [0.25, 0.3) is 11.6 Å². The molecule has 0 spiro atoms. The smallest absolute Gasteiger partial charge is 0.285 e. The molecule has 0 saturated carbocycles. The summed E-state index contributed by atoms with van der Waals surface area (Å²) in [7, 11) is 1.31. The molecule has 0 radical (unpaired) electrons. The van der Waals surface area contributed by atoms with Crippen LogP contribution in [0.25, 0.3) is 0 Å². The van der Waals surface area contributed by atoms with Gasteiger partial charge in [-0.05, 0) is 6.07 Å². The van der Waals surface area contributed by atoms with Gasteiger partial charge < -0.3 is 19.8 Å². The fraction of sp³-hybridized carbons (Fsp3) is 0.417. The highest BCUT2D eigenvalue weighted by molar-refractivity contribution is 6.01. The van der Waals surface area contributed by atoms with Crippen LogP contribution in [-0.4, -0.2) is 58.4 Å². The molecule has 1 aromatic carbocycles. The first-order valence-electron chi connectivity index (χ1n) is 5.92. The first-order chi connectivity index (χ1) is 9.45. The lowest BCUT2D eigenvalue weighted by Gasteiger charge is -2.17. The van der Waals surface area contributed by atoms with Crippen LogP contribution in [0, 0.1) is 10.1 Å². The van der Waals surface area contributed by atoms with Crippen LogP contribution in [0.1, 0.15) is 10.4 Å². The number of rotatable bonds is 3. The fourth-order valence-electron chi connectivity index (χ4n) is 2.15. The van der Waals surface area contributed by atoms with Gasteiger partial charge in [0, 0.05) is 19.2 Å². The van der Waals surface area contributed by atoms with E-state index in [4.69, 9.17) is 4.74 Å². The summed E-state index contributed by atoms with van der Waals surface area (Å²) in [4.78, 5) is 23.9. The second kappa shape index (κ2) is 5.43. The number of likely N-dealkylation sites (tertiary alicyclic amines) is 1. The minimum absolute atomic E-state index is 0.0742. The van der Waals surface area contributed by atoms with Crippen LogP contribution in [0.3, 0.4) is 0 Å². The summed E-state index contributed by atoms with van der Waals surface area (Å²) >= 11 is 0. The van der Waals surface area contributed by atoms with Gasteiger partial charge in [-0.3, -0.25) is 14.9 Å². The number of amides is 1. The highest BCUT2D eigenvalue weighted by atomic mass is 16.6. The van der Waals surface area contributed by atoms with Crippen molar-refractivity contribution in [3.63, 3.8) is 0 Å². The van der Waals surface area contributed by atoms with Gasteiger partial charge in [-0.15, -0.1) is 0 Å². The Hall–Kier alpha value is -2.19. The number of nitro benzene ring substituents is 1. The third kappa shape index (κ3) is 2.43. The van der Waals surface area contributed by atoms with E-state index in [1.165, 1.54) is 30.2 Å². The van der Waals surface area contributed by atoms with E-state index in [1.54, 1.807) is 0 Å². The van der Waals surface area contributed by atoms with E-state index in [-0.39, 0.29) is 30.1 Å². The molecule has 108 valence electrons. The summed E-state index contributed by atoms with van der Waals surface area (Å²) in [5, 5.41) is 29.9. The number of hydrogen-bond acceptors (Lipinski definition) is 6. The zero-order chi connectivity index (χ0) is 14.9. The largest absolute Gasteiger partial charge is 0.496 e. The molecule has 1 heterocycles. The molecule has 2 N–H and O–H groups in total. The van der Waals surface area contributed by atoms with E-state index in [0.29, 0.717) is 0 Å². The van der Waals surface area contributed by atoms with Crippen molar-refractivity contribution < 1.29 is 24.7 Å². The van der Waals surface area contributed by atoms with Gasteiger partial charge in [-0.1, -0.05) is 6.07 Å². The van der Waals surface area contributed by atoms with Crippen molar-refractivity contribution in [3.05, 3.63) is 33.9 Å². The third-order valence-electron chi connectivity index (χ3n) is 3.18. The van der Waals surface area contributed by atoms with E-state index in [9.17, 15) is 25.1 Å². The van der Waals surface area contributed by atoms with Crippen LogP contribution in [0.15, 0.2) is 18.2 Å². The van der Waals surface area contributed by atoms with Gasteiger partial charge in [0.1, 0.15) is 5.75 Å². The number of benzene rings is 1. The zero-order valence-corrected chi connectivity index (χ0v) is 10.7. The van der Waals surface area contributed by atoms with Crippen LogP contribution in [-0.2, 0) is 0 Å². The normalized spacial score (nSPS) is 21.9. The molecule has 2 atom stereocenters. The number of ether oxygens (including phenoxy) is 1. The SMILES string of the molecule is COc1cccc([N+](=O)[O-])c1C(=O)N1C[C@@H](O)[C@@H](O)C1. The van der Waals surface area contributed by atoms with Gasteiger partial charge in [0.2, 0.25) is 0 Å². The lowest BCUT2D eigenvalue weighted by atomic mass is 10.1. The summed E-state index contributed by atoms with van der Waals surface area (Å²) in [5.74, 6) is -0.565. The third-order valence-corrected chi connectivity index (χ3v) is 3.18. The Kier molecular flexibility index (Phi) is 3.86. The van der Waals surface area contributed by atoms with E-state index in [1.807, 2.05) is 0 Å². The number of aliphatic hydroxyl groups is 2. The van der Waals surface area contributed by atoms with Gasteiger partial charge in [0.05, 0.1) is 24.2 Å². The second-order valence-electron chi connectivity index (χ2n) is 4.46. The molecule has 1 aliphatic heterocycles. The Labute approximate surface area is 114 Å². The highest BCUT2D eigenvalue weighted by Crippen LogP contribution is 2.30. The van der Waals surface area contributed by atoms with Crippen LogP contribution < -0.4 is 4.74 Å². The van der Waals surface area contributed by atoms with Gasteiger partial charge in [-0.25, -0.2) is 0 Å². The van der Waals surface area contributed by atoms with Gasteiger partial charge >= 0.3 is 0 Å². The summed E-state index contributed by atoms with van der Waals surface area (Å²) in [6.07, 6.45) is -2.10. The van der Waals surface area contributed by atoms with Crippen molar-refractivity contribution >= 4 is 11.6 Å². The van der Waals surface area contributed by atoms with Crippen LogP contribution in [0.5, 0.6) is 5.75 Å². The van der Waals surface area contributed by atoms with E-state index >= 15 is 0 Å². The average Bonchev–Trinajstić information content (AvgIpc) is 2.76. The highest BCUT2D eigenvalue weighted by Gasteiger charge is 2.36. The summed E-state index contributed by atoms with van der Waals surface area (Å²) in [5.41, 5.74) is -0.550. The number of hydrogen-bond donors (Lipinski definition) is 2. The first-order valence-corrected chi connectivity index (χ1v) is 5.92. The monoisotopic (exact) mass is 282 g/mol. The number of nitro groups is 1. The molecule has 20 heavy (non-hydrogen) atoms. The quantitative estimate of drug-likeness (QED) is 0.585. The molecule has 1 fully saturated rings. The van der Waals surface area contributed by atoms with E-state index < -0.39 is 23.0 Å². The lowest BCUT2D eigenvalue weighted by molar-refractivity contribution is -0.385. The lowest BCUT2D eigenvalue weighted by Crippen LogP contribution is -2.30. The summed E-state index contributed by atoms with van der Waals surface area (Å²) in [6.45, 7) is -0.148. The van der Waals surface area contributed by atoms with Crippen LogP contribution in [0.2, 0.25) is 0 Å². The Morgan fingerprint density at radius 2 is 2.00 bits per heavy atom. The molecule has 0 aromatic heterocycles. The Bertz CT molecular complexity index is 537. The standard InChI is InChI=1S/C12H14N2O6/c1-20-10-4-2-3-7(14(18)19)11(10)12(17)13-5-8(15)9(16)6-13/h2-4,8-9,15-16H,5-6H2,1H3/t8-,9+. The average molecular weight is 282 g/mol. The number of methoxy groups -OCH3 is 1. The van der Waals surface area contributed by atoms with Crippen LogP contribution in [0.4, 0.5) is 5.69 Å². The molecule has 0 aliphatic carbocycles. The molecular formula is C12H14N2O6. The molecular weight excluding hydrogens is 268 g/mol. The molecule has 2 rings (SSSR count). The molecule has 0 bridgehead atoms. The Balaban J connectivity index is 2.41. The number of aliphatic hydroxyl groups excluding tert-OH is 2. The second-order valence-corrected chi connectivity index (χ2v) is 4.46. The predicted molar refractivity (Wildman–Crippen MR) is 67.6 cm³/mol. The Morgan fingerprint density at radius 1 is 1.40 bits per heavy atom.